The second-order valence-electron chi connectivity index (χ2n) is 4.53. The predicted molar refractivity (Wildman–Crippen MR) is 62.5 cm³/mol. The molecule has 0 radical (unpaired) electrons. The standard InChI is InChI=1S/C13H16F3NO/c14-13(15,16)11-1-3-12(4-2-11)18-9-10-5-7-17-8-6-10/h1-4,10,17H,5-9H2. The van der Waals surface area contributed by atoms with E-state index in [4.69, 9.17) is 4.74 Å². The molecule has 0 aromatic heterocycles. The van der Waals surface area contributed by atoms with Crippen molar-refractivity contribution in [2.75, 3.05) is 19.7 Å². The zero-order valence-electron chi connectivity index (χ0n) is 9.96. The summed E-state index contributed by atoms with van der Waals surface area (Å²) in [4.78, 5) is 0. The Morgan fingerprint density at radius 1 is 1.11 bits per heavy atom. The summed E-state index contributed by atoms with van der Waals surface area (Å²) in [6, 6.07) is 4.86. The Balaban J connectivity index is 1.86. The summed E-state index contributed by atoms with van der Waals surface area (Å²) in [7, 11) is 0. The molecule has 1 aliphatic rings. The molecule has 1 N–H and O–H groups in total. The highest BCUT2D eigenvalue weighted by Crippen LogP contribution is 2.30. The molecule has 1 fully saturated rings. The van der Waals surface area contributed by atoms with E-state index < -0.39 is 11.7 Å². The third-order valence-electron chi connectivity index (χ3n) is 3.13. The van der Waals surface area contributed by atoms with E-state index in [0.29, 0.717) is 18.3 Å². The van der Waals surface area contributed by atoms with Crippen molar-refractivity contribution < 1.29 is 17.9 Å². The molecule has 1 saturated heterocycles. The van der Waals surface area contributed by atoms with Crippen molar-refractivity contribution in [2.24, 2.45) is 5.92 Å². The summed E-state index contributed by atoms with van der Waals surface area (Å²) in [5.41, 5.74) is -0.642. The SMILES string of the molecule is FC(F)(F)c1ccc(OCC2CCNCC2)cc1. The largest absolute Gasteiger partial charge is 0.493 e. The Morgan fingerprint density at radius 2 is 1.72 bits per heavy atom. The van der Waals surface area contributed by atoms with Crippen molar-refractivity contribution >= 4 is 0 Å². The van der Waals surface area contributed by atoms with E-state index in [1.807, 2.05) is 0 Å². The summed E-state index contributed by atoms with van der Waals surface area (Å²) >= 11 is 0. The molecule has 18 heavy (non-hydrogen) atoms. The summed E-state index contributed by atoms with van der Waals surface area (Å²) in [6.45, 7) is 2.55. The second kappa shape index (κ2) is 5.61. The maximum absolute atomic E-state index is 12.3. The normalized spacial score (nSPS) is 17.7. The Bertz CT molecular complexity index is 369. The van der Waals surface area contributed by atoms with Gasteiger partial charge >= 0.3 is 6.18 Å². The summed E-state index contributed by atoms with van der Waals surface area (Å²) in [6.07, 6.45) is -2.17. The van der Waals surface area contributed by atoms with Gasteiger partial charge in [-0.2, -0.15) is 13.2 Å². The fourth-order valence-corrected chi connectivity index (χ4v) is 2.00. The first-order valence-electron chi connectivity index (χ1n) is 6.06. The Kier molecular flexibility index (Phi) is 4.11. The first-order chi connectivity index (χ1) is 8.55. The molecule has 1 aromatic rings. The molecule has 0 amide bonds. The van der Waals surface area contributed by atoms with E-state index in [9.17, 15) is 13.2 Å². The van der Waals surface area contributed by atoms with Gasteiger partial charge in [0.25, 0.3) is 0 Å². The Morgan fingerprint density at radius 3 is 2.28 bits per heavy atom. The lowest BCUT2D eigenvalue weighted by Crippen LogP contribution is -2.30. The number of rotatable bonds is 3. The molecule has 0 bridgehead atoms. The van der Waals surface area contributed by atoms with Crippen LogP contribution in [0.5, 0.6) is 5.75 Å². The zero-order chi connectivity index (χ0) is 13.0. The van der Waals surface area contributed by atoms with Gasteiger partial charge in [-0.1, -0.05) is 0 Å². The minimum atomic E-state index is -4.28. The number of alkyl halides is 3. The second-order valence-corrected chi connectivity index (χ2v) is 4.53. The van der Waals surface area contributed by atoms with Crippen LogP contribution >= 0.6 is 0 Å². The summed E-state index contributed by atoms with van der Waals surface area (Å²) in [5, 5.41) is 3.26. The van der Waals surface area contributed by atoms with Crippen LogP contribution < -0.4 is 10.1 Å². The third-order valence-corrected chi connectivity index (χ3v) is 3.13. The molecule has 1 aliphatic heterocycles. The van der Waals surface area contributed by atoms with Gasteiger partial charge in [-0.25, -0.2) is 0 Å². The molecular formula is C13H16F3NO. The molecular weight excluding hydrogens is 243 g/mol. The minimum Gasteiger partial charge on any atom is -0.493 e. The molecule has 2 rings (SSSR count). The monoisotopic (exact) mass is 259 g/mol. The van der Waals surface area contributed by atoms with Gasteiger partial charge in [-0.3, -0.25) is 0 Å². The van der Waals surface area contributed by atoms with E-state index in [1.165, 1.54) is 12.1 Å². The maximum atomic E-state index is 12.3. The van der Waals surface area contributed by atoms with Crippen LogP contribution in [0.4, 0.5) is 13.2 Å². The number of halogens is 3. The van der Waals surface area contributed by atoms with Crippen molar-refractivity contribution in [3.63, 3.8) is 0 Å². The van der Waals surface area contributed by atoms with Gasteiger partial charge in [0.15, 0.2) is 0 Å². The molecule has 0 atom stereocenters. The van der Waals surface area contributed by atoms with Crippen LogP contribution in [0.2, 0.25) is 0 Å². The van der Waals surface area contributed by atoms with Crippen molar-refractivity contribution in [3.05, 3.63) is 29.8 Å². The molecule has 1 heterocycles. The fourth-order valence-electron chi connectivity index (χ4n) is 2.00. The smallest absolute Gasteiger partial charge is 0.416 e. The van der Waals surface area contributed by atoms with Crippen molar-refractivity contribution in [1.29, 1.82) is 0 Å². The molecule has 1 aromatic carbocycles. The van der Waals surface area contributed by atoms with E-state index >= 15 is 0 Å². The number of piperidine rings is 1. The van der Waals surface area contributed by atoms with Crippen molar-refractivity contribution in [3.8, 4) is 5.75 Å². The maximum Gasteiger partial charge on any atom is 0.416 e. The number of hydrogen-bond acceptors (Lipinski definition) is 2. The highest BCUT2D eigenvalue weighted by atomic mass is 19.4. The molecule has 0 saturated carbocycles. The lowest BCUT2D eigenvalue weighted by atomic mass is 9.99. The molecule has 0 spiro atoms. The van der Waals surface area contributed by atoms with E-state index in [2.05, 4.69) is 5.32 Å². The van der Waals surface area contributed by atoms with E-state index in [0.717, 1.165) is 38.1 Å². The fraction of sp³-hybridized carbons (Fsp3) is 0.538. The van der Waals surface area contributed by atoms with Gasteiger partial charge in [0.1, 0.15) is 5.75 Å². The van der Waals surface area contributed by atoms with Crippen LogP contribution in [0, 0.1) is 5.92 Å². The van der Waals surface area contributed by atoms with Crippen LogP contribution in [0.15, 0.2) is 24.3 Å². The van der Waals surface area contributed by atoms with Crippen LogP contribution in [0.3, 0.4) is 0 Å². The van der Waals surface area contributed by atoms with Gasteiger partial charge in [0, 0.05) is 0 Å². The quantitative estimate of drug-likeness (QED) is 0.900. The summed E-state index contributed by atoms with van der Waals surface area (Å²) < 4.78 is 42.6. The number of ether oxygens (including phenoxy) is 1. The molecule has 5 heteroatoms. The molecule has 0 aliphatic carbocycles. The van der Waals surface area contributed by atoms with Crippen LogP contribution in [-0.4, -0.2) is 19.7 Å². The summed E-state index contributed by atoms with van der Waals surface area (Å²) in [5.74, 6) is 0.995. The average Bonchev–Trinajstić information content (AvgIpc) is 2.37. The Hall–Kier alpha value is -1.23. The minimum absolute atomic E-state index is 0.494. The third kappa shape index (κ3) is 3.63. The average molecular weight is 259 g/mol. The lowest BCUT2D eigenvalue weighted by molar-refractivity contribution is -0.137. The highest BCUT2D eigenvalue weighted by molar-refractivity contribution is 5.28. The van der Waals surface area contributed by atoms with Crippen molar-refractivity contribution in [2.45, 2.75) is 19.0 Å². The van der Waals surface area contributed by atoms with E-state index in [1.54, 1.807) is 0 Å². The van der Waals surface area contributed by atoms with Gasteiger partial charge in [0.2, 0.25) is 0 Å². The van der Waals surface area contributed by atoms with Gasteiger partial charge < -0.3 is 10.1 Å². The Labute approximate surface area is 104 Å². The zero-order valence-corrected chi connectivity index (χ0v) is 9.96. The van der Waals surface area contributed by atoms with Crippen LogP contribution in [-0.2, 0) is 6.18 Å². The number of benzene rings is 1. The molecule has 100 valence electrons. The first-order valence-corrected chi connectivity index (χ1v) is 6.06. The lowest BCUT2D eigenvalue weighted by Gasteiger charge is -2.22. The van der Waals surface area contributed by atoms with Gasteiger partial charge in [-0.05, 0) is 56.1 Å². The number of nitrogens with one attached hydrogen (secondary N) is 1. The highest BCUT2D eigenvalue weighted by Gasteiger charge is 2.30. The van der Waals surface area contributed by atoms with Crippen molar-refractivity contribution in [1.82, 2.24) is 5.32 Å². The number of hydrogen-bond donors (Lipinski definition) is 1. The van der Waals surface area contributed by atoms with Gasteiger partial charge in [0.05, 0.1) is 12.2 Å². The predicted octanol–water partition coefficient (Wildman–Crippen LogP) is 3.08. The van der Waals surface area contributed by atoms with Crippen LogP contribution in [0.1, 0.15) is 18.4 Å². The molecule has 0 unspecified atom stereocenters. The molecule has 2 nitrogen and oxygen atoms in total. The van der Waals surface area contributed by atoms with E-state index in [-0.39, 0.29) is 0 Å². The first kappa shape index (κ1) is 13.2. The van der Waals surface area contributed by atoms with Crippen LogP contribution in [0.25, 0.3) is 0 Å². The van der Waals surface area contributed by atoms with Gasteiger partial charge in [-0.15, -0.1) is 0 Å². The topological polar surface area (TPSA) is 21.3 Å².